The van der Waals surface area contributed by atoms with Gasteiger partial charge in [-0.1, -0.05) is 11.6 Å². The van der Waals surface area contributed by atoms with E-state index in [-0.39, 0.29) is 12.4 Å². The molecule has 118 valence electrons. The van der Waals surface area contributed by atoms with Crippen LogP contribution in [0.1, 0.15) is 22.8 Å². The fraction of sp³-hybridized carbons (Fsp3) is 0.462. The molecule has 0 saturated carbocycles. The number of ketones is 1. The van der Waals surface area contributed by atoms with E-state index in [1.165, 1.54) is 26.0 Å². The van der Waals surface area contributed by atoms with Crippen molar-refractivity contribution in [3.05, 3.63) is 29.3 Å². The normalized spacial score (nSPS) is 12.6. The van der Waals surface area contributed by atoms with E-state index in [4.69, 9.17) is 4.74 Å². The zero-order valence-corrected chi connectivity index (χ0v) is 11.1. The van der Waals surface area contributed by atoms with E-state index in [1.807, 2.05) is 0 Å². The summed E-state index contributed by atoms with van der Waals surface area (Å²) < 4.78 is 80.5. The smallest absolute Gasteiger partial charge is 0.407 e. The van der Waals surface area contributed by atoms with Gasteiger partial charge in [-0.25, -0.2) is 0 Å². The molecule has 1 aromatic carbocycles. The number of hydrogen-bond donors (Lipinski definition) is 0. The van der Waals surface area contributed by atoms with Gasteiger partial charge in [0.15, 0.2) is 5.78 Å². The largest absolute Gasteiger partial charge is 0.493 e. The van der Waals surface area contributed by atoms with Crippen LogP contribution in [0.5, 0.6) is 5.75 Å². The van der Waals surface area contributed by atoms with E-state index in [0.717, 1.165) is 6.07 Å². The number of aryl methyl sites for hydroxylation is 1. The minimum absolute atomic E-state index is 0.00600. The number of ether oxygens (including phenoxy) is 1. The van der Waals surface area contributed by atoms with Gasteiger partial charge in [-0.3, -0.25) is 4.79 Å². The fourth-order valence-electron chi connectivity index (χ4n) is 1.76. The van der Waals surface area contributed by atoms with Gasteiger partial charge in [-0.2, -0.15) is 26.3 Å². The Morgan fingerprint density at radius 2 is 1.67 bits per heavy atom. The first-order valence-corrected chi connectivity index (χ1v) is 5.89. The Bertz CT molecular complexity index is 504. The summed E-state index contributed by atoms with van der Waals surface area (Å²) in [5.74, 6) is -6.43. The van der Waals surface area contributed by atoms with Crippen molar-refractivity contribution in [2.45, 2.75) is 26.2 Å². The number of halogens is 6. The van der Waals surface area contributed by atoms with Crippen molar-refractivity contribution >= 4 is 5.78 Å². The maximum atomic E-state index is 12.6. The predicted octanol–water partition coefficient (Wildman–Crippen LogP) is 4.32. The number of carbonyl (C=O) groups excluding carboxylic acids is 1. The number of carbonyl (C=O) groups is 1. The number of Topliss-reactive ketones (excluding diaryl/α,β-unsaturated/α-hetero) is 1. The highest BCUT2D eigenvalue weighted by Gasteiger charge is 2.61. The van der Waals surface area contributed by atoms with Crippen molar-refractivity contribution in [3.63, 3.8) is 0 Å². The van der Waals surface area contributed by atoms with Gasteiger partial charge in [0, 0.05) is 0 Å². The van der Waals surface area contributed by atoms with E-state index < -0.39 is 29.6 Å². The molecule has 0 fully saturated rings. The van der Waals surface area contributed by atoms with Crippen LogP contribution in [0.4, 0.5) is 26.3 Å². The van der Waals surface area contributed by atoms with Gasteiger partial charge in [0.1, 0.15) is 5.75 Å². The predicted molar refractivity (Wildman–Crippen MR) is 62.3 cm³/mol. The summed E-state index contributed by atoms with van der Waals surface area (Å²) in [4.78, 5) is 11.8. The van der Waals surface area contributed by atoms with Gasteiger partial charge in [-0.15, -0.1) is 0 Å². The lowest BCUT2D eigenvalue weighted by atomic mass is 9.94. The SMILES string of the molecule is CCOc1ccc(C)cc1C(=O)C(C(F)(F)F)C(F)(F)F. The highest BCUT2D eigenvalue weighted by Crippen LogP contribution is 2.42. The quantitative estimate of drug-likeness (QED) is 0.611. The lowest BCUT2D eigenvalue weighted by Crippen LogP contribution is -2.42. The van der Waals surface area contributed by atoms with Crippen molar-refractivity contribution < 1.29 is 35.9 Å². The van der Waals surface area contributed by atoms with Gasteiger partial charge in [0.25, 0.3) is 0 Å². The Hall–Kier alpha value is -1.73. The third kappa shape index (κ3) is 4.12. The van der Waals surface area contributed by atoms with Gasteiger partial charge in [0.05, 0.1) is 12.2 Å². The molecule has 0 aliphatic rings. The van der Waals surface area contributed by atoms with E-state index in [9.17, 15) is 31.1 Å². The lowest BCUT2D eigenvalue weighted by molar-refractivity contribution is -0.264. The summed E-state index contributed by atoms with van der Waals surface area (Å²) in [6.45, 7) is 2.95. The minimum atomic E-state index is -5.72. The fourth-order valence-corrected chi connectivity index (χ4v) is 1.76. The van der Waals surface area contributed by atoms with E-state index in [1.54, 1.807) is 0 Å². The molecule has 0 aliphatic carbocycles. The second-order valence-electron chi connectivity index (χ2n) is 4.31. The number of hydrogen-bond acceptors (Lipinski definition) is 2. The van der Waals surface area contributed by atoms with E-state index >= 15 is 0 Å². The van der Waals surface area contributed by atoms with Gasteiger partial charge in [-0.05, 0) is 26.0 Å². The van der Waals surface area contributed by atoms with Crippen LogP contribution in [-0.4, -0.2) is 24.7 Å². The monoisotopic (exact) mass is 314 g/mol. The number of benzene rings is 1. The molecule has 0 bridgehead atoms. The van der Waals surface area contributed by atoms with Crippen LogP contribution in [0.2, 0.25) is 0 Å². The Kier molecular flexibility index (Phi) is 4.91. The molecule has 0 unspecified atom stereocenters. The summed E-state index contributed by atoms with van der Waals surface area (Å²) in [5.41, 5.74) is -0.374. The van der Waals surface area contributed by atoms with Crippen LogP contribution in [0.25, 0.3) is 0 Å². The maximum absolute atomic E-state index is 12.6. The molecule has 1 rings (SSSR count). The molecule has 8 heteroatoms. The molecule has 0 heterocycles. The first-order chi connectivity index (χ1) is 9.48. The van der Waals surface area contributed by atoms with Crippen LogP contribution < -0.4 is 4.74 Å². The summed E-state index contributed by atoms with van der Waals surface area (Å²) in [5, 5.41) is 0. The van der Waals surface area contributed by atoms with Crippen LogP contribution in [-0.2, 0) is 0 Å². The maximum Gasteiger partial charge on any atom is 0.407 e. The molecule has 0 atom stereocenters. The zero-order chi connectivity index (χ0) is 16.4. The van der Waals surface area contributed by atoms with Crippen molar-refractivity contribution in [2.75, 3.05) is 6.61 Å². The van der Waals surface area contributed by atoms with Crippen molar-refractivity contribution in [2.24, 2.45) is 5.92 Å². The molecule has 0 radical (unpaired) electrons. The Balaban J connectivity index is 3.37. The van der Waals surface area contributed by atoms with Crippen LogP contribution >= 0.6 is 0 Å². The highest BCUT2D eigenvalue weighted by atomic mass is 19.4. The number of alkyl halides is 6. The summed E-state index contributed by atoms with van der Waals surface area (Å²) in [6.07, 6.45) is -11.4. The summed E-state index contributed by atoms with van der Waals surface area (Å²) in [6, 6.07) is 3.56. The Morgan fingerprint density at radius 1 is 1.14 bits per heavy atom. The zero-order valence-electron chi connectivity index (χ0n) is 11.1. The van der Waals surface area contributed by atoms with E-state index in [0.29, 0.717) is 5.56 Å². The first-order valence-electron chi connectivity index (χ1n) is 5.89. The standard InChI is InChI=1S/C13H12F6O2/c1-3-21-9-5-4-7(2)6-8(9)10(20)11(12(14,15)16)13(17,18)19/h4-6,11H,3H2,1-2H3. The summed E-state index contributed by atoms with van der Waals surface area (Å²) >= 11 is 0. The lowest BCUT2D eigenvalue weighted by Gasteiger charge is -2.22. The minimum Gasteiger partial charge on any atom is -0.493 e. The second-order valence-corrected chi connectivity index (χ2v) is 4.31. The third-order valence-electron chi connectivity index (χ3n) is 2.62. The van der Waals surface area contributed by atoms with Gasteiger partial charge < -0.3 is 4.74 Å². The van der Waals surface area contributed by atoms with Crippen LogP contribution in [0, 0.1) is 12.8 Å². The van der Waals surface area contributed by atoms with Gasteiger partial charge in [0.2, 0.25) is 5.92 Å². The molecule has 1 aromatic rings. The van der Waals surface area contributed by atoms with Crippen molar-refractivity contribution in [1.82, 2.24) is 0 Å². The molecule has 2 nitrogen and oxygen atoms in total. The van der Waals surface area contributed by atoms with Crippen molar-refractivity contribution in [1.29, 1.82) is 0 Å². The van der Waals surface area contributed by atoms with Gasteiger partial charge >= 0.3 is 12.4 Å². The second kappa shape index (κ2) is 5.95. The van der Waals surface area contributed by atoms with E-state index in [2.05, 4.69) is 0 Å². The molecule has 0 amide bonds. The molecule has 0 spiro atoms. The Morgan fingerprint density at radius 3 is 2.10 bits per heavy atom. The molecular weight excluding hydrogens is 302 g/mol. The summed E-state index contributed by atoms with van der Waals surface area (Å²) in [7, 11) is 0. The van der Waals surface area contributed by atoms with Crippen molar-refractivity contribution in [3.8, 4) is 5.75 Å². The average molecular weight is 314 g/mol. The molecule has 21 heavy (non-hydrogen) atoms. The third-order valence-corrected chi connectivity index (χ3v) is 2.62. The van der Waals surface area contributed by atoms with Crippen LogP contribution in [0.15, 0.2) is 18.2 Å². The average Bonchev–Trinajstić information content (AvgIpc) is 2.27. The number of rotatable bonds is 4. The first kappa shape index (κ1) is 17.3. The molecule has 0 saturated heterocycles. The van der Waals surface area contributed by atoms with Crippen LogP contribution in [0.3, 0.4) is 0 Å². The molecule has 0 aliphatic heterocycles. The topological polar surface area (TPSA) is 26.3 Å². The molecular formula is C13H12F6O2. The molecule has 0 aromatic heterocycles. The Labute approximate surface area is 116 Å². The highest BCUT2D eigenvalue weighted by molar-refractivity contribution is 6.01. The molecule has 0 N–H and O–H groups in total.